The number of hydrogen-bond donors (Lipinski definition) is 1. The molecule has 0 radical (unpaired) electrons. The maximum atomic E-state index is 14.1. The second-order valence-electron chi connectivity index (χ2n) is 13.5. The summed E-state index contributed by atoms with van der Waals surface area (Å²) in [5.74, 6) is 0.385. The van der Waals surface area contributed by atoms with Crippen molar-refractivity contribution in [3.8, 4) is 0 Å². The van der Waals surface area contributed by atoms with Crippen molar-refractivity contribution in [2.45, 2.75) is 95.7 Å². The van der Waals surface area contributed by atoms with Gasteiger partial charge in [-0.25, -0.2) is 19.7 Å². The third kappa shape index (κ3) is 6.77. The number of aromatic nitrogens is 4. The van der Waals surface area contributed by atoms with E-state index in [0.717, 1.165) is 24.6 Å². The summed E-state index contributed by atoms with van der Waals surface area (Å²) in [4.78, 5) is 29.0. The number of anilines is 1. The number of benzene rings is 2. The lowest BCUT2D eigenvalue weighted by Gasteiger charge is -2.27. The van der Waals surface area contributed by atoms with E-state index < -0.39 is 18.0 Å². The number of carbonyl (C=O) groups excluding carboxylic acids is 1. The van der Waals surface area contributed by atoms with E-state index in [1.165, 1.54) is 43.2 Å². The van der Waals surface area contributed by atoms with Crippen LogP contribution in [0, 0.1) is 5.92 Å². The van der Waals surface area contributed by atoms with Crippen LogP contribution in [0.3, 0.4) is 0 Å². The van der Waals surface area contributed by atoms with Gasteiger partial charge in [0.25, 0.3) is 5.91 Å². The van der Waals surface area contributed by atoms with Gasteiger partial charge in [-0.15, -0.1) is 0 Å². The summed E-state index contributed by atoms with van der Waals surface area (Å²) in [6, 6.07) is 21.1. The lowest BCUT2D eigenvalue weighted by atomic mass is 9.87. The van der Waals surface area contributed by atoms with Crippen molar-refractivity contribution in [1.82, 2.24) is 19.6 Å². The minimum absolute atomic E-state index is 0.0614. The summed E-state index contributed by atoms with van der Waals surface area (Å²) in [7, 11) is 0. The highest BCUT2D eigenvalue weighted by atomic mass is 16.8. The van der Waals surface area contributed by atoms with Crippen LogP contribution in [0.15, 0.2) is 67.0 Å². The molecule has 3 aliphatic rings. The normalized spacial score (nSPS) is 22.5. The maximum Gasteiger partial charge on any atom is 0.273 e. The molecule has 4 heterocycles. The Morgan fingerprint density at radius 2 is 1.70 bits per heavy atom. The summed E-state index contributed by atoms with van der Waals surface area (Å²) in [5, 5.41) is 5.19. The molecule has 1 N–H and O–H groups in total. The number of nitrogens with one attached hydrogen (secondary N) is 1. The highest BCUT2D eigenvalue weighted by Gasteiger charge is 2.53. The lowest BCUT2D eigenvalue weighted by Crippen LogP contribution is -2.50. The van der Waals surface area contributed by atoms with Gasteiger partial charge >= 0.3 is 0 Å². The van der Waals surface area contributed by atoms with Crippen LogP contribution in [0.4, 0.5) is 5.95 Å². The summed E-state index contributed by atoms with van der Waals surface area (Å²) < 4.78 is 19.8. The third-order valence-corrected chi connectivity index (χ3v) is 9.83. The molecular weight excluding hydrogens is 592 g/mol. The molecule has 4 aromatic rings. The van der Waals surface area contributed by atoms with Gasteiger partial charge in [0.15, 0.2) is 17.5 Å². The second-order valence-corrected chi connectivity index (χ2v) is 13.5. The first-order valence-electron chi connectivity index (χ1n) is 17.3. The predicted octanol–water partition coefficient (Wildman–Crippen LogP) is 5.99. The minimum Gasteiger partial charge on any atom is -0.363 e. The predicted molar refractivity (Wildman–Crippen MR) is 181 cm³/mol. The number of rotatable bonds is 11. The van der Waals surface area contributed by atoms with Crippen molar-refractivity contribution in [2.24, 2.45) is 5.92 Å². The van der Waals surface area contributed by atoms with Crippen molar-refractivity contribution in [2.75, 3.05) is 30.0 Å². The standard InChI is InChI=1S/C37H46N6O4/c1-4-42(35(44)33-32-30(23-45-33)46-37(2,3)47-32)43-24-39-31-29(22-28(26-16-10-6-11-17-26)27-18-12-7-13-19-27)40-36(41-34(31)43)38-21-20-25-14-8-5-9-15-25/h6-7,10-13,16-19,24-25,28,30,32-33H,4-5,8-9,14-15,20-23H2,1-3H3,(H,38,40,41)/t30-,32-,33-/m0/s1. The van der Waals surface area contributed by atoms with E-state index in [-0.39, 0.29) is 17.9 Å². The van der Waals surface area contributed by atoms with Gasteiger partial charge in [-0.3, -0.25) is 4.79 Å². The van der Waals surface area contributed by atoms with Crippen molar-refractivity contribution in [1.29, 1.82) is 0 Å². The molecule has 2 saturated heterocycles. The van der Waals surface area contributed by atoms with Gasteiger partial charge in [-0.1, -0.05) is 92.8 Å². The van der Waals surface area contributed by atoms with Gasteiger partial charge in [0.1, 0.15) is 24.1 Å². The average molecular weight is 639 g/mol. The first-order chi connectivity index (χ1) is 22.9. The van der Waals surface area contributed by atoms with Crippen LogP contribution in [-0.4, -0.2) is 69.3 Å². The molecule has 2 aliphatic heterocycles. The average Bonchev–Trinajstić information content (AvgIpc) is 3.77. The van der Waals surface area contributed by atoms with Crippen LogP contribution in [0.25, 0.3) is 11.2 Å². The van der Waals surface area contributed by atoms with Crippen LogP contribution in [-0.2, 0) is 25.4 Å². The lowest BCUT2D eigenvalue weighted by molar-refractivity contribution is -0.177. The number of ether oxygens (including phenoxy) is 3. The second kappa shape index (κ2) is 13.7. The fourth-order valence-corrected chi connectivity index (χ4v) is 7.52. The monoisotopic (exact) mass is 638 g/mol. The summed E-state index contributed by atoms with van der Waals surface area (Å²) >= 11 is 0. The van der Waals surface area contributed by atoms with E-state index in [1.807, 2.05) is 32.9 Å². The van der Waals surface area contributed by atoms with Crippen LogP contribution in [0.5, 0.6) is 0 Å². The molecule has 2 aromatic heterocycles. The number of likely N-dealkylation sites (N-methyl/N-ethyl adjacent to an activating group) is 1. The number of carbonyl (C=O) groups is 1. The molecule has 3 atom stereocenters. The van der Waals surface area contributed by atoms with Crippen molar-refractivity contribution in [3.05, 3.63) is 83.8 Å². The molecule has 0 bridgehead atoms. The Kier molecular flexibility index (Phi) is 9.25. The van der Waals surface area contributed by atoms with E-state index in [4.69, 9.17) is 29.2 Å². The Labute approximate surface area is 276 Å². The fraction of sp³-hybridized carbons (Fsp3) is 0.514. The molecule has 2 aromatic carbocycles. The largest absolute Gasteiger partial charge is 0.363 e. The van der Waals surface area contributed by atoms with E-state index in [2.05, 4.69) is 53.8 Å². The topological polar surface area (TPSA) is 104 Å². The van der Waals surface area contributed by atoms with Gasteiger partial charge in [-0.2, -0.15) is 4.98 Å². The Morgan fingerprint density at radius 3 is 2.38 bits per heavy atom. The van der Waals surface area contributed by atoms with Crippen molar-refractivity contribution in [3.63, 3.8) is 0 Å². The number of nitrogens with zero attached hydrogens (tertiary/aromatic N) is 5. The zero-order valence-corrected chi connectivity index (χ0v) is 27.7. The Hall–Kier alpha value is -3.86. The molecule has 3 fully saturated rings. The Bertz CT molecular complexity index is 1620. The summed E-state index contributed by atoms with van der Waals surface area (Å²) in [6.07, 6.45) is 8.42. The number of amides is 1. The smallest absolute Gasteiger partial charge is 0.273 e. The molecular formula is C37H46N6O4. The van der Waals surface area contributed by atoms with E-state index >= 15 is 0 Å². The minimum atomic E-state index is -0.783. The van der Waals surface area contributed by atoms with Crippen molar-refractivity contribution >= 4 is 23.0 Å². The Balaban J connectivity index is 1.23. The highest BCUT2D eigenvalue weighted by Crippen LogP contribution is 2.36. The zero-order chi connectivity index (χ0) is 32.4. The zero-order valence-electron chi connectivity index (χ0n) is 27.7. The molecule has 10 nitrogen and oxygen atoms in total. The van der Waals surface area contributed by atoms with E-state index in [1.54, 1.807) is 16.0 Å². The van der Waals surface area contributed by atoms with E-state index in [9.17, 15) is 4.79 Å². The van der Waals surface area contributed by atoms with E-state index in [0.29, 0.717) is 36.7 Å². The summed E-state index contributed by atoms with van der Waals surface area (Å²) in [6.45, 7) is 7.19. The molecule has 7 rings (SSSR count). The third-order valence-electron chi connectivity index (χ3n) is 9.83. The van der Waals surface area contributed by atoms with Crippen LogP contribution in [0.1, 0.15) is 82.0 Å². The fourth-order valence-electron chi connectivity index (χ4n) is 7.52. The molecule has 0 spiro atoms. The highest BCUT2D eigenvalue weighted by molar-refractivity contribution is 5.92. The maximum absolute atomic E-state index is 14.1. The molecule has 47 heavy (non-hydrogen) atoms. The van der Waals surface area contributed by atoms with Gasteiger partial charge in [0.05, 0.1) is 12.3 Å². The number of fused-ring (bicyclic) bond motifs is 2. The molecule has 0 unspecified atom stereocenters. The van der Waals surface area contributed by atoms with Crippen LogP contribution >= 0.6 is 0 Å². The molecule has 1 saturated carbocycles. The Morgan fingerprint density at radius 1 is 1.00 bits per heavy atom. The number of hydrogen-bond acceptors (Lipinski definition) is 8. The van der Waals surface area contributed by atoms with Crippen LogP contribution in [0.2, 0.25) is 0 Å². The van der Waals surface area contributed by atoms with Gasteiger partial charge in [-0.05, 0) is 44.2 Å². The SMILES string of the molecule is CCN(C(=O)[C@H]1OC[C@@H]2OC(C)(C)O[C@@H]21)n1cnc2c(CC(c3ccccc3)c3ccccc3)nc(NCCC3CCCCC3)nc21. The molecule has 248 valence electrons. The molecule has 1 aliphatic carbocycles. The van der Waals surface area contributed by atoms with Gasteiger partial charge < -0.3 is 19.5 Å². The summed E-state index contributed by atoms with van der Waals surface area (Å²) in [5.41, 5.74) is 4.51. The number of imidazole rings is 1. The first kappa shape index (κ1) is 31.7. The molecule has 1 amide bonds. The van der Waals surface area contributed by atoms with Crippen LogP contribution < -0.4 is 10.3 Å². The first-order valence-corrected chi connectivity index (χ1v) is 17.3. The van der Waals surface area contributed by atoms with Gasteiger partial charge in [0, 0.05) is 25.4 Å². The van der Waals surface area contributed by atoms with Gasteiger partial charge in [0.2, 0.25) is 5.95 Å². The molecule has 10 heteroatoms. The quantitative estimate of drug-likeness (QED) is 0.214. The van der Waals surface area contributed by atoms with Crippen molar-refractivity contribution < 1.29 is 19.0 Å².